The van der Waals surface area contributed by atoms with E-state index in [2.05, 4.69) is 5.32 Å². The van der Waals surface area contributed by atoms with Crippen LogP contribution in [0.25, 0.3) is 0 Å². The Hall–Kier alpha value is -0.871. The maximum atomic E-state index is 10.6. The molecule has 13 heavy (non-hydrogen) atoms. The Kier molecular flexibility index (Phi) is 3.45. The van der Waals surface area contributed by atoms with Gasteiger partial charge in [0.25, 0.3) is 0 Å². The molecule has 0 aliphatic rings. The number of rotatable bonds is 2. The van der Waals surface area contributed by atoms with Crippen LogP contribution in [0.4, 0.5) is 5.69 Å². The number of hydrogen-bond donors (Lipinski definition) is 3. The SMILES string of the molecule is CC(=O)Nc1ccc([Se](O)O)cc1. The summed E-state index contributed by atoms with van der Waals surface area (Å²) in [5, 5.41) is 2.58. The molecule has 0 spiro atoms. The van der Waals surface area contributed by atoms with Gasteiger partial charge in [0.2, 0.25) is 0 Å². The second kappa shape index (κ2) is 4.39. The van der Waals surface area contributed by atoms with Crippen LogP contribution in [0.5, 0.6) is 0 Å². The molecule has 0 bridgehead atoms. The third-order valence-electron chi connectivity index (χ3n) is 1.39. The van der Waals surface area contributed by atoms with Gasteiger partial charge in [-0.15, -0.1) is 0 Å². The third-order valence-corrected chi connectivity index (χ3v) is 2.84. The van der Waals surface area contributed by atoms with Crippen LogP contribution in [0.3, 0.4) is 0 Å². The Morgan fingerprint density at radius 2 is 1.85 bits per heavy atom. The molecular formula is C8H10NO3Se. The van der Waals surface area contributed by atoms with Crippen LogP contribution in [-0.2, 0) is 4.79 Å². The fourth-order valence-corrected chi connectivity index (χ4v) is 1.66. The summed E-state index contributed by atoms with van der Waals surface area (Å²) >= 11 is -2.57. The summed E-state index contributed by atoms with van der Waals surface area (Å²) in [5.74, 6) is -0.145. The van der Waals surface area contributed by atoms with E-state index in [0.29, 0.717) is 10.1 Å². The van der Waals surface area contributed by atoms with E-state index in [1.165, 1.54) is 6.92 Å². The van der Waals surface area contributed by atoms with Gasteiger partial charge in [0.15, 0.2) is 0 Å². The molecule has 0 aliphatic heterocycles. The molecular weight excluding hydrogens is 237 g/mol. The Morgan fingerprint density at radius 1 is 1.31 bits per heavy atom. The number of benzene rings is 1. The molecule has 4 nitrogen and oxygen atoms in total. The molecule has 0 unspecified atom stereocenters. The van der Waals surface area contributed by atoms with Crippen LogP contribution in [0.2, 0.25) is 0 Å². The average molecular weight is 247 g/mol. The third kappa shape index (κ3) is 3.16. The molecule has 0 aliphatic carbocycles. The Balaban J connectivity index is 2.75. The molecule has 0 heterocycles. The van der Waals surface area contributed by atoms with Gasteiger partial charge in [0.1, 0.15) is 0 Å². The number of anilines is 1. The predicted octanol–water partition coefficient (Wildman–Crippen LogP) is -0.675. The van der Waals surface area contributed by atoms with Crippen molar-refractivity contribution in [2.75, 3.05) is 5.32 Å². The summed E-state index contributed by atoms with van der Waals surface area (Å²) in [6, 6.07) is 6.46. The van der Waals surface area contributed by atoms with Crippen LogP contribution in [0.15, 0.2) is 24.3 Å². The number of hydrogen-bond acceptors (Lipinski definition) is 3. The normalized spacial score (nSPS) is 10.2. The summed E-state index contributed by atoms with van der Waals surface area (Å²) in [7, 11) is 0. The standard InChI is InChI=1S/C8H10NO3Se/c1-6(10)9-7-2-4-8(5-3-7)13(11)12/h2-5,11-12H,1H3,(H,9,10). The molecule has 0 fully saturated rings. The first-order valence-electron chi connectivity index (χ1n) is 3.59. The number of amides is 1. The molecule has 1 amide bonds. The molecule has 0 aromatic heterocycles. The molecule has 5 heteroatoms. The van der Waals surface area contributed by atoms with Crippen molar-refractivity contribution in [3.05, 3.63) is 24.3 Å². The minimum absolute atomic E-state index is 0.145. The molecule has 0 saturated heterocycles. The topological polar surface area (TPSA) is 69.6 Å². The predicted molar refractivity (Wildman–Crippen MR) is 50.6 cm³/mol. The van der Waals surface area contributed by atoms with Gasteiger partial charge < -0.3 is 0 Å². The first-order valence-corrected chi connectivity index (χ1v) is 5.98. The molecule has 1 radical (unpaired) electrons. The van der Waals surface area contributed by atoms with Crippen molar-refractivity contribution >= 4 is 30.6 Å². The fourth-order valence-electron chi connectivity index (χ4n) is 0.863. The number of carbonyl (C=O) groups is 1. The van der Waals surface area contributed by atoms with Crippen LogP contribution in [0, 0.1) is 0 Å². The number of nitrogens with one attached hydrogen (secondary N) is 1. The molecule has 3 N–H and O–H groups in total. The molecule has 71 valence electrons. The van der Waals surface area contributed by atoms with E-state index in [-0.39, 0.29) is 5.91 Å². The first kappa shape index (κ1) is 10.2. The summed E-state index contributed by atoms with van der Waals surface area (Å²) < 4.78 is 18.3. The van der Waals surface area contributed by atoms with E-state index in [0.717, 1.165) is 0 Å². The van der Waals surface area contributed by atoms with Gasteiger partial charge in [-0.2, -0.15) is 0 Å². The average Bonchev–Trinajstić information content (AvgIpc) is 2.04. The van der Waals surface area contributed by atoms with Crippen LogP contribution < -0.4 is 9.78 Å². The van der Waals surface area contributed by atoms with Gasteiger partial charge in [0.05, 0.1) is 0 Å². The van der Waals surface area contributed by atoms with Crippen molar-refractivity contribution in [2.45, 2.75) is 6.92 Å². The van der Waals surface area contributed by atoms with Crippen molar-refractivity contribution < 1.29 is 13.2 Å². The van der Waals surface area contributed by atoms with Gasteiger partial charge in [-0.25, -0.2) is 0 Å². The van der Waals surface area contributed by atoms with Gasteiger partial charge >= 0.3 is 80.3 Å². The number of carbonyl (C=O) groups excluding carboxylic acids is 1. The summed E-state index contributed by atoms with van der Waals surface area (Å²) in [6.45, 7) is 1.42. The monoisotopic (exact) mass is 248 g/mol. The fraction of sp³-hybridized carbons (Fsp3) is 0.125. The molecule has 1 aromatic rings. The van der Waals surface area contributed by atoms with Crippen molar-refractivity contribution in [1.29, 1.82) is 0 Å². The summed E-state index contributed by atoms with van der Waals surface area (Å²) in [6.07, 6.45) is 0. The zero-order valence-corrected chi connectivity index (χ0v) is 8.73. The van der Waals surface area contributed by atoms with Crippen LogP contribution >= 0.6 is 0 Å². The molecule has 0 saturated carbocycles. The van der Waals surface area contributed by atoms with Gasteiger partial charge in [-0.05, 0) is 0 Å². The van der Waals surface area contributed by atoms with E-state index in [1.807, 2.05) is 0 Å². The van der Waals surface area contributed by atoms with Gasteiger partial charge in [0, 0.05) is 0 Å². The van der Waals surface area contributed by atoms with Crippen molar-refractivity contribution in [2.24, 2.45) is 0 Å². The van der Waals surface area contributed by atoms with E-state index >= 15 is 0 Å². The van der Waals surface area contributed by atoms with Gasteiger partial charge in [-0.3, -0.25) is 0 Å². The Labute approximate surface area is 80.7 Å². The van der Waals surface area contributed by atoms with E-state index < -0.39 is 14.6 Å². The van der Waals surface area contributed by atoms with Crippen molar-refractivity contribution in [1.82, 2.24) is 0 Å². The van der Waals surface area contributed by atoms with Crippen LogP contribution in [-0.4, -0.2) is 28.8 Å². The first-order chi connectivity index (χ1) is 6.09. The quantitative estimate of drug-likeness (QED) is 0.607. The van der Waals surface area contributed by atoms with Crippen LogP contribution in [0.1, 0.15) is 6.92 Å². The van der Waals surface area contributed by atoms with Gasteiger partial charge in [-0.1, -0.05) is 0 Å². The summed E-state index contributed by atoms with van der Waals surface area (Å²) in [4.78, 5) is 10.6. The van der Waals surface area contributed by atoms with E-state index in [4.69, 9.17) is 8.38 Å². The zero-order valence-electron chi connectivity index (χ0n) is 7.02. The minimum atomic E-state index is -2.57. The van der Waals surface area contributed by atoms with E-state index in [9.17, 15) is 4.79 Å². The molecule has 0 atom stereocenters. The van der Waals surface area contributed by atoms with Crippen molar-refractivity contribution in [3.63, 3.8) is 0 Å². The molecule has 1 aromatic carbocycles. The Bertz CT molecular complexity index is 297. The maximum absolute atomic E-state index is 10.6. The Morgan fingerprint density at radius 3 is 2.23 bits per heavy atom. The van der Waals surface area contributed by atoms with Crippen molar-refractivity contribution in [3.8, 4) is 0 Å². The second-order valence-corrected chi connectivity index (χ2v) is 4.57. The second-order valence-electron chi connectivity index (χ2n) is 2.47. The van der Waals surface area contributed by atoms with E-state index in [1.54, 1.807) is 24.3 Å². The summed E-state index contributed by atoms with van der Waals surface area (Å²) in [5.41, 5.74) is 0.656. The zero-order chi connectivity index (χ0) is 9.84. The molecule has 1 rings (SSSR count).